The Kier molecular flexibility index (Phi) is 5.75. The van der Waals surface area contributed by atoms with Gasteiger partial charge in [-0.3, -0.25) is 0 Å². The van der Waals surface area contributed by atoms with Crippen LogP contribution < -0.4 is 5.32 Å². The second-order valence-corrected chi connectivity index (χ2v) is 5.45. The monoisotopic (exact) mass is 241 g/mol. The molecule has 100 valence electrons. The van der Waals surface area contributed by atoms with Gasteiger partial charge in [0, 0.05) is 18.6 Å². The van der Waals surface area contributed by atoms with Crippen molar-refractivity contribution in [2.75, 3.05) is 26.4 Å². The molecule has 1 aliphatic heterocycles. The van der Waals surface area contributed by atoms with Crippen LogP contribution in [0.25, 0.3) is 0 Å². The third kappa shape index (κ3) is 4.23. The standard InChI is InChI=1S/C14H27NO2/c1-2-8-15-13-5-3-4-6-14(13)17-11-12-7-9-16-10-12/h12-15H,2-11H2,1H3. The number of nitrogens with one attached hydrogen (secondary N) is 1. The van der Waals surface area contributed by atoms with Gasteiger partial charge >= 0.3 is 0 Å². The van der Waals surface area contributed by atoms with Gasteiger partial charge in [-0.2, -0.15) is 0 Å². The summed E-state index contributed by atoms with van der Waals surface area (Å²) < 4.78 is 11.5. The molecule has 3 atom stereocenters. The van der Waals surface area contributed by atoms with E-state index in [1.807, 2.05) is 0 Å². The summed E-state index contributed by atoms with van der Waals surface area (Å²) in [5.41, 5.74) is 0. The van der Waals surface area contributed by atoms with Crippen LogP contribution >= 0.6 is 0 Å². The van der Waals surface area contributed by atoms with Crippen molar-refractivity contribution >= 4 is 0 Å². The minimum Gasteiger partial charge on any atom is -0.381 e. The van der Waals surface area contributed by atoms with Gasteiger partial charge in [-0.1, -0.05) is 19.8 Å². The fraction of sp³-hybridized carbons (Fsp3) is 1.00. The predicted molar refractivity (Wildman–Crippen MR) is 69.2 cm³/mol. The van der Waals surface area contributed by atoms with Gasteiger partial charge in [-0.05, 0) is 32.2 Å². The zero-order chi connectivity index (χ0) is 11.9. The smallest absolute Gasteiger partial charge is 0.0728 e. The summed E-state index contributed by atoms with van der Waals surface area (Å²) in [6, 6.07) is 0.589. The summed E-state index contributed by atoms with van der Waals surface area (Å²) in [6.45, 7) is 6.07. The maximum atomic E-state index is 6.13. The summed E-state index contributed by atoms with van der Waals surface area (Å²) in [7, 11) is 0. The topological polar surface area (TPSA) is 30.5 Å². The number of hydrogen-bond donors (Lipinski definition) is 1. The van der Waals surface area contributed by atoms with Crippen molar-refractivity contribution < 1.29 is 9.47 Å². The lowest BCUT2D eigenvalue weighted by Crippen LogP contribution is -2.44. The van der Waals surface area contributed by atoms with E-state index >= 15 is 0 Å². The molecule has 2 fully saturated rings. The summed E-state index contributed by atoms with van der Waals surface area (Å²) in [5.74, 6) is 0.642. The molecule has 0 amide bonds. The molecule has 0 aromatic heterocycles. The molecule has 1 N–H and O–H groups in total. The molecule has 17 heavy (non-hydrogen) atoms. The highest BCUT2D eigenvalue weighted by Crippen LogP contribution is 2.23. The molecule has 0 radical (unpaired) electrons. The van der Waals surface area contributed by atoms with Crippen molar-refractivity contribution in [3.8, 4) is 0 Å². The molecule has 3 heteroatoms. The molecule has 0 aromatic carbocycles. The Labute approximate surface area is 105 Å². The van der Waals surface area contributed by atoms with Crippen molar-refractivity contribution in [3.63, 3.8) is 0 Å². The van der Waals surface area contributed by atoms with Crippen LogP contribution in [0, 0.1) is 5.92 Å². The zero-order valence-electron chi connectivity index (χ0n) is 11.1. The average molecular weight is 241 g/mol. The summed E-state index contributed by atoms with van der Waals surface area (Å²) >= 11 is 0. The SMILES string of the molecule is CCCNC1CCCCC1OCC1CCOC1. The van der Waals surface area contributed by atoms with Crippen molar-refractivity contribution in [1.82, 2.24) is 5.32 Å². The number of ether oxygens (including phenoxy) is 2. The van der Waals surface area contributed by atoms with Gasteiger partial charge in [0.25, 0.3) is 0 Å². The minimum atomic E-state index is 0.441. The van der Waals surface area contributed by atoms with E-state index in [0.717, 1.165) is 26.4 Å². The van der Waals surface area contributed by atoms with Crippen LogP contribution in [0.3, 0.4) is 0 Å². The molecular formula is C14H27NO2. The third-order valence-electron chi connectivity index (χ3n) is 3.93. The lowest BCUT2D eigenvalue weighted by molar-refractivity contribution is -0.0135. The first-order valence-corrected chi connectivity index (χ1v) is 7.33. The van der Waals surface area contributed by atoms with Gasteiger partial charge in [0.05, 0.1) is 19.3 Å². The van der Waals surface area contributed by atoms with E-state index in [9.17, 15) is 0 Å². The lowest BCUT2D eigenvalue weighted by Gasteiger charge is -2.33. The van der Waals surface area contributed by atoms with Gasteiger partial charge in [-0.15, -0.1) is 0 Å². The van der Waals surface area contributed by atoms with Crippen molar-refractivity contribution in [3.05, 3.63) is 0 Å². The molecule has 1 saturated heterocycles. The molecular weight excluding hydrogens is 214 g/mol. The van der Waals surface area contributed by atoms with E-state index in [1.54, 1.807) is 0 Å². The highest BCUT2D eigenvalue weighted by molar-refractivity contribution is 4.82. The highest BCUT2D eigenvalue weighted by atomic mass is 16.5. The Morgan fingerprint density at radius 1 is 1.24 bits per heavy atom. The first-order chi connectivity index (χ1) is 8.40. The van der Waals surface area contributed by atoms with Gasteiger partial charge < -0.3 is 14.8 Å². The summed E-state index contributed by atoms with van der Waals surface area (Å²) in [6.07, 6.45) is 8.03. The average Bonchev–Trinajstić information content (AvgIpc) is 2.88. The van der Waals surface area contributed by atoms with Crippen LogP contribution in [0.2, 0.25) is 0 Å². The van der Waals surface area contributed by atoms with Gasteiger partial charge in [0.15, 0.2) is 0 Å². The Bertz CT molecular complexity index is 204. The van der Waals surface area contributed by atoms with E-state index in [1.165, 1.54) is 38.5 Å². The Balaban J connectivity index is 1.71. The second kappa shape index (κ2) is 7.34. The fourth-order valence-corrected chi connectivity index (χ4v) is 2.83. The Morgan fingerprint density at radius 3 is 2.88 bits per heavy atom. The van der Waals surface area contributed by atoms with E-state index in [0.29, 0.717) is 18.1 Å². The zero-order valence-corrected chi connectivity index (χ0v) is 11.1. The molecule has 0 spiro atoms. The largest absolute Gasteiger partial charge is 0.381 e. The predicted octanol–water partition coefficient (Wildman–Crippen LogP) is 2.35. The van der Waals surface area contributed by atoms with Crippen molar-refractivity contribution in [2.45, 2.75) is 57.6 Å². The maximum Gasteiger partial charge on any atom is 0.0728 e. The quantitative estimate of drug-likeness (QED) is 0.774. The van der Waals surface area contributed by atoms with Crippen LogP contribution in [-0.2, 0) is 9.47 Å². The summed E-state index contributed by atoms with van der Waals surface area (Å²) in [5, 5.41) is 3.64. The third-order valence-corrected chi connectivity index (χ3v) is 3.93. The van der Waals surface area contributed by atoms with E-state index in [2.05, 4.69) is 12.2 Å². The van der Waals surface area contributed by atoms with Crippen LogP contribution in [0.15, 0.2) is 0 Å². The molecule has 0 aromatic rings. The lowest BCUT2D eigenvalue weighted by atomic mass is 9.92. The second-order valence-electron chi connectivity index (χ2n) is 5.45. The molecule has 3 unspecified atom stereocenters. The van der Waals surface area contributed by atoms with Gasteiger partial charge in [0.2, 0.25) is 0 Å². The van der Waals surface area contributed by atoms with E-state index in [4.69, 9.17) is 9.47 Å². The van der Waals surface area contributed by atoms with Crippen molar-refractivity contribution in [2.24, 2.45) is 5.92 Å². The molecule has 0 bridgehead atoms. The summed E-state index contributed by atoms with van der Waals surface area (Å²) in [4.78, 5) is 0. The van der Waals surface area contributed by atoms with Crippen LogP contribution in [0.5, 0.6) is 0 Å². The Morgan fingerprint density at radius 2 is 2.12 bits per heavy atom. The first kappa shape index (κ1) is 13.3. The van der Waals surface area contributed by atoms with E-state index in [-0.39, 0.29) is 0 Å². The van der Waals surface area contributed by atoms with Crippen LogP contribution in [-0.4, -0.2) is 38.5 Å². The number of hydrogen-bond acceptors (Lipinski definition) is 3. The molecule has 1 saturated carbocycles. The molecule has 1 heterocycles. The first-order valence-electron chi connectivity index (χ1n) is 7.33. The fourth-order valence-electron chi connectivity index (χ4n) is 2.83. The van der Waals surface area contributed by atoms with Crippen LogP contribution in [0.1, 0.15) is 45.4 Å². The minimum absolute atomic E-state index is 0.441. The molecule has 2 rings (SSSR count). The Hall–Kier alpha value is -0.120. The molecule has 2 aliphatic rings. The van der Waals surface area contributed by atoms with Gasteiger partial charge in [0.1, 0.15) is 0 Å². The van der Waals surface area contributed by atoms with Crippen LogP contribution in [0.4, 0.5) is 0 Å². The van der Waals surface area contributed by atoms with E-state index < -0.39 is 0 Å². The molecule has 1 aliphatic carbocycles. The normalized spacial score (nSPS) is 34.1. The molecule has 3 nitrogen and oxygen atoms in total. The number of rotatable bonds is 6. The van der Waals surface area contributed by atoms with Crippen molar-refractivity contribution in [1.29, 1.82) is 0 Å². The maximum absolute atomic E-state index is 6.13. The highest BCUT2D eigenvalue weighted by Gasteiger charge is 2.26. The van der Waals surface area contributed by atoms with Gasteiger partial charge in [-0.25, -0.2) is 0 Å².